The maximum Gasteiger partial charge on any atom is 0.0717 e. The Hall–Kier alpha value is -0.0500. The van der Waals surface area contributed by atoms with Gasteiger partial charge in [0.15, 0.2) is 0 Å². The average Bonchev–Trinajstić information content (AvgIpc) is 2.07. The summed E-state index contributed by atoms with van der Waals surface area (Å²) in [6, 6.07) is 5.79. The molecule has 0 aromatic heterocycles. The Morgan fingerprint density at radius 2 is 2.25 bits per heavy atom. The van der Waals surface area contributed by atoms with Crippen LogP contribution < -0.4 is 0 Å². The van der Waals surface area contributed by atoms with Crippen LogP contribution in [0.25, 0.3) is 0 Å². The van der Waals surface area contributed by atoms with Gasteiger partial charge in [-0.25, -0.2) is 0 Å². The third-order valence-electron chi connectivity index (χ3n) is 1.46. The molecule has 0 saturated carbocycles. The molecular formula is C9H10BrClO. The van der Waals surface area contributed by atoms with Gasteiger partial charge in [-0.15, -0.1) is 0 Å². The van der Waals surface area contributed by atoms with E-state index in [4.69, 9.17) is 16.3 Å². The lowest BCUT2D eigenvalue weighted by atomic mass is 10.2. The highest BCUT2D eigenvalue weighted by Crippen LogP contribution is 2.23. The molecule has 0 radical (unpaired) electrons. The molecule has 0 heterocycles. The zero-order valence-electron chi connectivity index (χ0n) is 6.81. The van der Waals surface area contributed by atoms with Crippen LogP contribution in [-0.2, 0) is 11.3 Å². The van der Waals surface area contributed by atoms with Crippen LogP contribution in [0.2, 0.25) is 5.02 Å². The molecule has 0 aliphatic rings. The van der Waals surface area contributed by atoms with Crippen LogP contribution in [0.1, 0.15) is 12.5 Å². The zero-order valence-corrected chi connectivity index (χ0v) is 9.15. The van der Waals surface area contributed by atoms with Crippen molar-refractivity contribution in [1.29, 1.82) is 0 Å². The lowest BCUT2D eigenvalue weighted by Gasteiger charge is -2.02. The van der Waals surface area contributed by atoms with Crippen molar-refractivity contribution in [3.05, 3.63) is 33.3 Å². The Morgan fingerprint density at radius 3 is 2.83 bits per heavy atom. The second kappa shape index (κ2) is 4.85. The van der Waals surface area contributed by atoms with Crippen molar-refractivity contribution in [3.63, 3.8) is 0 Å². The molecule has 1 aromatic carbocycles. The Kier molecular flexibility index (Phi) is 4.06. The second-order valence-electron chi connectivity index (χ2n) is 2.39. The summed E-state index contributed by atoms with van der Waals surface area (Å²) < 4.78 is 6.17. The van der Waals surface area contributed by atoms with Gasteiger partial charge in [0.05, 0.1) is 11.6 Å². The maximum atomic E-state index is 5.83. The summed E-state index contributed by atoms with van der Waals surface area (Å²) in [5.74, 6) is 0. The number of benzene rings is 1. The van der Waals surface area contributed by atoms with Crippen LogP contribution in [0, 0.1) is 0 Å². The van der Waals surface area contributed by atoms with E-state index in [1.54, 1.807) is 0 Å². The van der Waals surface area contributed by atoms with Gasteiger partial charge in [0.25, 0.3) is 0 Å². The molecule has 1 aromatic rings. The lowest BCUT2D eigenvalue weighted by Crippen LogP contribution is -1.91. The number of hydrogen-bond acceptors (Lipinski definition) is 1. The van der Waals surface area contributed by atoms with E-state index in [2.05, 4.69) is 15.9 Å². The summed E-state index contributed by atoms with van der Waals surface area (Å²) in [6.45, 7) is 3.36. The molecular weight excluding hydrogens is 239 g/mol. The highest BCUT2D eigenvalue weighted by Gasteiger charge is 1.98. The number of hydrogen-bond donors (Lipinski definition) is 0. The van der Waals surface area contributed by atoms with Crippen LogP contribution >= 0.6 is 27.5 Å². The smallest absolute Gasteiger partial charge is 0.0717 e. The summed E-state index contributed by atoms with van der Waals surface area (Å²) in [7, 11) is 0. The minimum Gasteiger partial charge on any atom is -0.377 e. The number of ether oxygens (including phenoxy) is 1. The standard InChI is InChI=1S/C9H10BrClO/c1-2-12-6-7-3-4-9(11)8(10)5-7/h3-5H,2,6H2,1H3. The normalized spacial score (nSPS) is 10.2. The summed E-state index contributed by atoms with van der Waals surface area (Å²) in [6.07, 6.45) is 0. The number of halogens is 2. The molecule has 66 valence electrons. The fourth-order valence-corrected chi connectivity index (χ4v) is 1.39. The quantitative estimate of drug-likeness (QED) is 0.795. The van der Waals surface area contributed by atoms with Crippen molar-refractivity contribution in [2.24, 2.45) is 0 Å². The van der Waals surface area contributed by atoms with Crippen LogP contribution in [0.5, 0.6) is 0 Å². The highest BCUT2D eigenvalue weighted by molar-refractivity contribution is 9.10. The molecule has 0 saturated heterocycles. The first kappa shape index (κ1) is 10.0. The first-order chi connectivity index (χ1) is 5.74. The van der Waals surface area contributed by atoms with E-state index in [9.17, 15) is 0 Å². The molecule has 0 bridgehead atoms. The fourth-order valence-electron chi connectivity index (χ4n) is 0.849. The molecule has 0 N–H and O–H groups in total. The first-order valence-corrected chi connectivity index (χ1v) is 4.92. The summed E-state index contributed by atoms with van der Waals surface area (Å²) >= 11 is 9.18. The summed E-state index contributed by atoms with van der Waals surface area (Å²) in [5.41, 5.74) is 1.13. The van der Waals surface area contributed by atoms with Gasteiger partial charge in [0.2, 0.25) is 0 Å². The topological polar surface area (TPSA) is 9.23 Å². The van der Waals surface area contributed by atoms with E-state index in [1.165, 1.54) is 0 Å². The van der Waals surface area contributed by atoms with Gasteiger partial charge in [0, 0.05) is 11.1 Å². The van der Waals surface area contributed by atoms with Crippen molar-refractivity contribution >= 4 is 27.5 Å². The van der Waals surface area contributed by atoms with Crippen LogP contribution in [-0.4, -0.2) is 6.61 Å². The summed E-state index contributed by atoms with van der Waals surface area (Å²) in [4.78, 5) is 0. The van der Waals surface area contributed by atoms with Crippen molar-refractivity contribution in [3.8, 4) is 0 Å². The van der Waals surface area contributed by atoms with E-state index >= 15 is 0 Å². The van der Waals surface area contributed by atoms with Crippen molar-refractivity contribution in [2.75, 3.05) is 6.61 Å². The Labute approximate surface area is 85.8 Å². The predicted molar refractivity (Wildman–Crippen MR) is 54.5 cm³/mol. The van der Waals surface area contributed by atoms with Crippen LogP contribution in [0.15, 0.2) is 22.7 Å². The molecule has 0 spiro atoms. The average molecular weight is 250 g/mol. The van der Waals surface area contributed by atoms with Gasteiger partial charge in [0.1, 0.15) is 0 Å². The van der Waals surface area contributed by atoms with Crippen molar-refractivity contribution in [1.82, 2.24) is 0 Å². The van der Waals surface area contributed by atoms with E-state index in [0.29, 0.717) is 6.61 Å². The van der Waals surface area contributed by atoms with Gasteiger partial charge in [-0.2, -0.15) is 0 Å². The minimum atomic E-state index is 0.645. The van der Waals surface area contributed by atoms with Gasteiger partial charge in [-0.05, 0) is 40.5 Å². The highest BCUT2D eigenvalue weighted by atomic mass is 79.9. The first-order valence-electron chi connectivity index (χ1n) is 3.75. The SMILES string of the molecule is CCOCc1ccc(Cl)c(Br)c1. The second-order valence-corrected chi connectivity index (χ2v) is 3.65. The van der Waals surface area contributed by atoms with Gasteiger partial charge < -0.3 is 4.74 Å². The molecule has 1 nitrogen and oxygen atoms in total. The monoisotopic (exact) mass is 248 g/mol. The third-order valence-corrected chi connectivity index (χ3v) is 2.67. The zero-order chi connectivity index (χ0) is 8.97. The Bertz CT molecular complexity index is 263. The van der Waals surface area contributed by atoms with E-state index in [1.807, 2.05) is 25.1 Å². The number of rotatable bonds is 3. The minimum absolute atomic E-state index is 0.645. The maximum absolute atomic E-state index is 5.83. The predicted octanol–water partition coefficient (Wildman–Crippen LogP) is 3.64. The molecule has 0 aliphatic heterocycles. The molecule has 0 fully saturated rings. The largest absolute Gasteiger partial charge is 0.377 e. The lowest BCUT2D eigenvalue weighted by molar-refractivity contribution is 0.134. The molecule has 0 atom stereocenters. The van der Waals surface area contributed by atoms with Gasteiger partial charge in [-0.1, -0.05) is 17.7 Å². The molecule has 0 aliphatic carbocycles. The Balaban J connectivity index is 2.69. The van der Waals surface area contributed by atoms with Crippen molar-refractivity contribution in [2.45, 2.75) is 13.5 Å². The molecule has 0 unspecified atom stereocenters. The van der Waals surface area contributed by atoms with Gasteiger partial charge in [-0.3, -0.25) is 0 Å². The Morgan fingerprint density at radius 1 is 1.50 bits per heavy atom. The summed E-state index contributed by atoms with van der Waals surface area (Å²) in [5, 5.41) is 0.732. The van der Waals surface area contributed by atoms with E-state index in [0.717, 1.165) is 21.7 Å². The van der Waals surface area contributed by atoms with Gasteiger partial charge >= 0.3 is 0 Å². The van der Waals surface area contributed by atoms with Crippen LogP contribution in [0.3, 0.4) is 0 Å². The third kappa shape index (κ3) is 2.77. The van der Waals surface area contributed by atoms with Crippen LogP contribution in [0.4, 0.5) is 0 Å². The molecule has 1 rings (SSSR count). The molecule has 0 amide bonds. The van der Waals surface area contributed by atoms with E-state index in [-0.39, 0.29) is 0 Å². The molecule has 12 heavy (non-hydrogen) atoms. The fraction of sp³-hybridized carbons (Fsp3) is 0.333. The molecule has 3 heteroatoms. The van der Waals surface area contributed by atoms with E-state index < -0.39 is 0 Å². The van der Waals surface area contributed by atoms with Crippen molar-refractivity contribution < 1.29 is 4.74 Å².